The minimum atomic E-state index is -0.410. The molecule has 1 aromatic carbocycles. The summed E-state index contributed by atoms with van der Waals surface area (Å²) in [6.45, 7) is 2.69. The van der Waals surface area contributed by atoms with Crippen LogP contribution in [0.25, 0.3) is 6.08 Å². The second-order valence-electron chi connectivity index (χ2n) is 4.78. The molecular weight excluding hydrogens is 278 g/mol. The highest BCUT2D eigenvalue weighted by atomic mass is 16.5. The lowest BCUT2D eigenvalue weighted by Gasteiger charge is -2.05. The van der Waals surface area contributed by atoms with Crippen LogP contribution in [0.1, 0.15) is 23.4 Å². The lowest BCUT2D eigenvalue weighted by atomic mass is 10.2. The lowest BCUT2D eigenvalue weighted by Crippen LogP contribution is -2.24. The summed E-state index contributed by atoms with van der Waals surface area (Å²) in [6, 6.07) is 13.4. The number of hydrogen-bond donors (Lipinski definition) is 1. The Morgan fingerprint density at radius 2 is 2.00 bits per heavy atom. The van der Waals surface area contributed by atoms with E-state index in [-0.39, 0.29) is 6.61 Å². The first-order chi connectivity index (χ1) is 10.7. The molecule has 0 atom stereocenters. The van der Waals surface area contributed by atoms with Crippen LogP contribution >= 0.6 is 0 Å². The summed E-state index contributed by atoms with van der Waals surface area (Å²) in [6.07, 6.45) is 4.11. The zero-order chi connectivity index (χ0) is 15.6. The molecule has 5 nitrogen and oxygen atoms in total. The van der Waals surface area contributed by atoms with E-state index in [1.807, 2.05) is 61.5 Å². The predicted molar refractivity (Wildman–Crippen MR) is 85.0 cm³/mol. The van der Waals surface area contributed by atoms with E-state index in [1.54, 1.807) is 0 Å². The normalized spacial score (nSPS) is 10.6. The molecule has 0 saturated carbocycles. The van der Waals surface area contributed by atoms with Crippen molar-refractivity contribution in [1.29, 1.82) is 0 Å². The Balaban J connectivity index is 1.61. The van der Waals surface area contributed by atoms with E-state index in [1.165, 1.54) is 0 Å². The number of rotatable bonds is 6. The van der Waals surface area contributed by atoms with E-state index in [0.29, 0.717) is 13.0 Å². The van der Waals surface area contributed by atoms with Crippen LogP contribution in [-0.2, 0) is 11.3 Å². The van der Waals surface area contributed by atoms with Gasteiger partial charge in [0.15, 0.2) is 0 Å². The first-order valence-corrected chi connectivity index (χ1v) is 7.15. The van der Waals surface area contributed by atoms with E-state index < -0.39 is 6.09 Å². The molecule has 22 heavy (non-hydrogen) atoms. The number of aryl methyl sites for hydroxylation is 1. The standard InChI is InChI=1S/C17H19N3O2/c1-14-10-11-16(20-19-14)9-5-6-12-18-17(21)22-13-15-7-3-2-4-8-15/h2-5,7-11H,6,12-13H2,1H3,(H,18,21). The SMILES string of the molecule is Cc1ccc(C=CCCNC(=O)OCc2ccccc2)nn1. The summed E-state index contributed by atoms with van der Waals surface area (Å²) in [5.41, 5.74) is 2.66. The van der Waals surface area contributed by atoms with Gasteiger partial charge in [-0.25, -0.2) is 4.79 Å². The first kappa shape index (κ1) is 15.7. The van der Waals surface area contributed by atoms with Gasteiger partial charge in [0.05, 0.1) is 11.4 Å². The summed E-state index contributed by atoms with van der Waals surface area (Å²) in [4.78, 5) is 11.5. The van der Waals surface area contributed by atoms with Gasteiger partial charge in [-0.05, 0) is 37.1 Å². The van der Waals surface area contributed by atoms with Crippen LogP contribution in [0.4, 0.5) is 4.79 Å². The molecule has 1 amide bonds. The summed E-state index contributed by atoms with van der Waals surface area (Å²) in [5, 5.41) is 10.7. The number of ether oxygens (including phenoxy) is 1. The molecule has 0 saturated heterocycles. The van der Waals surface area contributed by atoms with Gasteiger partial charge in [0.25, 0.3) is 0 Å². The van der Waals surface area contributed by atoms with Gasteiger partial charge in [-0.3, -0.25) is 0 Å². The van der Waals surface area contributed by atoms with Gasteiger partial charge in [0.1, 0.15) is 6.61 Å². The summed E-state index contributed by atoms with van der Waals surface area (Å²) < 4.78 is 5.11. The number of aromatic nitrogens is 2. The molecule has 2 aromatic rings. The summed E-state index contributed by atoms with van der Waals surface area (Å²) >= 11 is 0. The lowest BCUT2D eigenvalue weighted by molar-refractivity contribution is 0.140. The first-order valence-electron chi connectivity index (χ1n) is 7.15. The van der Waals surface area contributed by atoms with E-state index >= 15 is 0 Å². The van der Waals surface area contributed by atoms with Crippen LogP contribution in [0.5, 0.6) is 0 Å². The zero-order valence-corrected chi connectivity index (χ0v) is 12.5. The molecular formula is C17H19N3O2. The number of amides is 1. The molecule has 5 heteroatoms. The fourth-order valence-corrected chi connectivity index (χ4v) is 1.73. The highest BCUT2D eigenvalue weighted by Gasteiger charge is 2.00. The van der Waals surface area contributed by atoms with Gasteiger partial charge in [0.2, 0.25) is 0 Å². The second kappa shape index (κ2) is 8.56. The molecule has 0 aliphatic carbocycles. The Morgan fingerprint density at radius 1 is 1.18 bits per heavy atom. The molecule has 1 aromatic heterocycles. The van der Waals surface area contributed by atoms with Crippen molar-refractivity contribution in [1.82, 2.24) is 15.5 Å². The van der Waals surface area contributed by atoms with Gasteiger partial charge in [-0.1, -0.05) is 36.4 Å². The fourth-order valence-electron chi connectivity index (χ4n) is 1.73. The van der Waals surface area contributed by atoms with Crippen LogP contribution in [0.3, 0.4) is 0 Å². The number of carbonyl (C=O) groups is 1. The average Bonchev–Trinajstić information content (AvgIpc) is 2.55. The third kappa shape index (κ3) is 5.75. The molecule has 0 aliphatic rings. The topological polar surface area (TPSA) is 64.1 Å². The molecule has 2 rings (SSSR count). The quantitative estimate of drug-likeness (QED) is 0.832. The van der Waals surface area contributed by atoms with Gasteiger partial charge >= 0.3 is 6.09 Å². The summed E-state index contributed by atoms with van der Waals surface area (Å²) in [5.74, 6) is 0. The maximum atomic E-state index is 11.5. The maximum Gasteiger partial charge on any atom is 0.407 e. The highest BCUT2D eigenvalue weighted by Crippen LogP contribution is 2.01. The number of carbonyl (C=O) groups excluding carboxylic acids is 1. The van der Waals surface area contributed by atoms with Crippen molar-refractivity contribution >= 4 is 12.2 Å². The molecule has 0 bridgehead atoms. The van der Waals surface area contributed by atoms with Crippen molar-refractivity contribution in [3.05, 3.63) is 65.5 Å². The monoisotopic (exact) mass is 297 g/mol. The molecule has 114 valence electrons. The molecule has 0 fully saturated rings. The van der Waals surface area contributed by atoms with E-state index in [2.05, 4.69) is 15.5 Å². The second-order valence-corrected chi connectivity index (χ2v) is 4.78. The predicted octanol–water partition coefficient (Wildman–Crippen LogP) is 3.11. The van der Waals surface area contributed by atoms with Crippen LogP contribution in [-0.4, -0.2) is 22.8 Å². The van der Waals surface area contributed by atoms with E-state index in [0.717, 1.165) is 17.0 Å². The van der Waals surface area contributed by atoms with Crippen molar-refractivity contribution in [2.24, 2.45) is 0 Å². The highest BCUT2D eigenvalue weighted by molar-refractivity contribution is 5.67. The largest absolute Gasteiger partial charge is 0.445 e. The molecule has 0 unspecified atom stereocenters. The van der Waals surface area contributed by atoms with Crippen LogP contribution in [0, 0.1) is 6.92 Å². The Hall–Kier alpha value is -2.69. The smallest absolute Gasteiger partial charge is 0.407 e. The van der Waals surface area contributed by atoms with Crippen molar-refractivity contribution in [2.75, 3.05) is 6.54 Å². The fraction of sp³-hybridized carbons (Fsp3) is 0.235. The molecule has 1 N–H and O–H groups in total. The number of nitrogens with zero attached hydrogens (tertiary/aromatic N) is 2. The zero-order valence-electron chi connectivity index (χ0n) is 12.5. The maximum absolute atomic E-state index is 11.5. The van der Waals surface area contributed by atoms with Gasteiger partial charge in [0, 0.05) is 6.54 Å². The Labute approximate surface area is 130 Å². The average molecular weight is 297 g/mol. The van der Waals surface area contributed by atoms with Crippen molar-refractivity contribution in [3.8, 4) is 0 Å². The van der Waals surface area contributed by atoms with Crippen molar-refractivity contribution in [3.63, 3.8) is 0 Å². The Morgan fingerprint density at radius 3 is 2.73 bits per heavy atom. The number of benzene rings is 1. The minimum Gasteiger partial charge on any atom is -0.445 e. The van der Waals surface area contributed by atoms with Gasteiger partial charge < -0.3 is 10.1 Å². The molecule has 0 radical (unpaired) electrons. The number of alkyl carbamates (subject to hydrolysis) is 1. The van der Waals surface area contributed by atoms with Gasteiger partial charge in [-0.15, -0.1) is 0 Å². The minimum absolute atomic E-state index is 0.279. The van der Waals surface area contributed by atoms with E-state index in [4.69, 9.17) is 4.74 Å². The molecule has 0 aliphatic heterocycles. The van der Waals surface area contributed by atoms with Crippen LogP contribution < -0.4 is 5.32 Å². The Kier molecular flexibility index (Phi) is 6.11. The Bertz CT molecular complexity index is 610. The summed E-state index contributed by atoms with van der Waals surface area (Å²) in [7, 11) is 0. The van der Waals surface area contributed by atoms with Crippen molar-refractivity contribution in [2.45, 2.75) is 20.0 Å². The number of nitrogens with one attached hydrogen (secondary N) is 1. The van der Waals surface area contributed by atoms with Crippen molar-refractivity contribution < 1.29 is 9.53 Å². The molecule has 0 spiro atoms. The third-order valence-corrected chi connectivity index (χ3v) is 2.90. The van der Waals surface area contributed by atoms with Gasteiger partial charge in [-0.2, -0.15) is 10.2 Å². The number of hydrogen-bond acceptors (Lipinski definition) is 4. The van der Waals surface area contributed by atoms with E-state index in [9.17, 15) is 4.79 Å². The third-order valence-electron chi connectivity index (χ3n) is 2.90. The molecule has 1 heterocycles. The van der Waals surface area contributed by atoms with Crippen LogP contribution in [0.2, 0.25) is 0 Å². The van der Waals surface area contributed by atoms with Crippen LogP contribution in [0.15, 0.2) is 48.5 Å².